The monoisotopic (exact) mass is 221 g/mol. The van der Waals surface area contributed by atoms with Gasteiger partial charge in [0.25, 0.3) is 0 Å². The summed E-state index contributed by atoms with van der Waals surface area (Å²) < 4.78 is 0. The molecule has 3 N–H and O–H groups in total. The lowest BCUT2D eigenvalue weighted by atomic mass is 10.1. The fraction of sp³-hybridized carbons (Fsp3) is 0.455. The predicted molar refractivity (Wildman–Crippen MR) is 60.6 cm³/mol. The first-order valence-electron chi connectivity index (χ1n) is 5.37. The molecule has 0 saturated carbocycles. The number of piperidine rings is 1. The van der Waals surface area contributed by atoms with Crippen molar-refractivity contribution in [2.45, 2.75) is 18.9 Å². The van der Waals surface area contributed by atoms with E-state index in [1.54, 1.807) is 6.07 Å². The van der Waals surface area contributed by atoms with E-state index in [1.165, 1.54) is 6.07 Å². The van der Waals surface area contributed by atoms with Crippen LogP contribution >= 0.6 is 0 Å². The molecule has 2 rings (SSSR count). The topological polar surface area (TPSA) is 79.5 Å². The van der Waals surface area contributed by atoms with Gasteiger partial charge in [-0.3, -0.25) is 0 Å². The van der Waals surface area contributed by atoms with Gasteiger partial charge in [0, 0.05) is 19.1 Å². The molecular formula is C11H15N3O2. The van der Waals surface area contributed by atoms with Gasteiger partial charge >= 0.3 is 5.97 Å². The average molecular weight is 221 g/mol. The Kier molecular flexibility index (Phi) is 3.05. The van der Waals surface area contributed by atoms with Crippen molar-refractivity contribution >= 4 is 11.8 Å². The molecule has 0 aromatic carbocycles. The minimum atomic E-state index is -0.997. The number of carbonyl (C=O) groups is 1. The lowest BCUT2D eigenvalue weighted by Gasteiger charge is -2.31. The normalized spacial score (nSPS) is 20.8. The van der Waals surface area contributed by atoms with Gasteiger partial charge in [0.1, 0.15) is 5.82 Å². The van der Waals surface area contributed by atoms with Gasteiger partial charge in [0.15, 0.2) is 5.69 Å². The maximum atomic E-state index is 10.8. The molecule has 86 valence electrons. The van der Waals surface area contributed by atoms with E-state index in [0.29, 0.717) is 5.82 Å². The Hall–Kier alpha value is -1.62. The molecule has 2 heterocycles. The highest BCUT2D eigenvalue weighted by atomic mass is 16.4. The van der Waals surface area contributed by atoms with E-state index >= 15 is 0 Å². The number of aromatic nitrogens is 1. The van der Waals surface area contributed by atoms with Crippen molar-refractivity contribution in [3.63, 3.8) is 0 Å². The van der Waals surface area contributed by atoms with Gasteiger partial charge in [-0.1, -0.05) is 6.07 Å². The lowest BCUT2D eigenvalue weighted by molar-refractivity contribution is 0.0690. The molecule has 5 nitrogen and oxygen atoms in total. The fourth-order valence-corrected chi connectivity index (χ4v) is 1.94. The third-order valence-electron chi connectivity index (χ3n) is 2.74. The highest BCUT2D eigenvalue weighted by molar-refractivity contribution is 5.85. The highest BCUT2D eigenvalue weighted by Crippen LogP contribution is 2.17. The van der Waals surface area contributed by atoms with Crippen LogP contribution in [0.25, 0.3) is 0 Å². The third kappa shape index (κ3) is 2.30. The number of pyridine rings is 1. The smallest absolute Gasteiger partial charge is 0.354 e. The number of aromatic carboxylic acids is 1. The molecule has 16 heavy (non-hydrogen) atoms. The van der Waals surface area contributed by atoms with Crippen molar-refractivity contribution in [1.29, 1.82) is 0 Å². The molecule has 1 unspecified atom stereocenters. The van der Waals surface area contributed by atoms with Crippen LogP contribution in [-0.4, -0.2) is 35.2 Å². The molecule has 1 saturated heterocycles. The summed E-state index contributed by atoms with van der Waals surface area (Å²) in [5, 5.41) is 8.85. The SMILES string of the molecule is NC1CCCN(c2cccc(C(=O)O)n2)C1. The summed E-state index contributed by atoms with van der Waals surface area (Å²) in [7, 11) is 0. The molecule has 0 amide bonds. The Bertz CT molecular complexity index is 395. The summed E-state index contributed by atoms with van der Waals surface area (Å²) >= 11 is 0. The van der Waals surface area contributed by atoms with Crippen LogP contribution in [0.3, 0.4) is 0 Å². The summed E-state index contributed by atoms with van der Waals surface area (Å²) in [6, 6.07) is 5.19. The van der Waals surface area contributed by atoms with Gasteiger partial charge in [-0.25, -0.2) is 9.78 Å². The molecule has 1 aliphatic heterocycles. The maximum Gasteiger partial charge on any atom is 0.354 e. The van der Waals surface area contributed by atoms with E-state index in [9.17, 15) is 4.79 Å². The minimum Gasteiger partial charge on any atom is -0.477 e. The number of nitrogens with two attached hydrogens (primary N) is 1. The Labute approximate surface area is 93.9 Å². The second-order valence-electron chi connectivity index (χ2n) is 4.03. The molecule has 1 aromatic heterocycles. The fourth-order valence-electron chi connectivity index (χ4n) is 1.94. The molecule has 0 radical (unpaired) electrons. The summed E-state index contributed by atoms with van der Waals surface area (Å²) in [6.45, 7) is 1.64. The first-order chi connectivity index (χ1) is 7.66. The molecule has 1 fully saturated rings. The van der Waals surface area contributed by atoms with Crippen LogP contribution in [0.1, 0.15) is 23.3 Å². The van der Waals surface area contributed by atoms with Crippen LogP contribution in [-0.2, 0) is 0 Å². The first-order valence-corrected chi connectivity index (χ1v) is 5.37. The lowest BCUT2D eigenvalue weighted by Crippen LogP contribution is -2.43. The highest BCUT2D eigenvalue weighted by Gasteiger charge is 2.18. The van der Waals surface area contributed by atoms with Crippen molar-refractivity contribution in [3.05, 3.63) is 23.9 Å². The number of hydrogen-bond donors (Lipinski definition) is 2. The van der Waals surface area contributed by atoms with Crippen LogP contribution in [0.4, 0.5) is 5.82 Å². The number of nitrogens with zero attached hydrogens (tertiary/aromatic N) is 2. The van der Waals surface area contributed by atoms with Crippen molar-refractivity contribution in [1.82, 2.24) is 4.98 Å². The maximum absolute atomic E-state index is 10.8. The largest absolute Gasteiger partial charge is 0.477 e. The summed E-state index contributed by atoms with van der Waals surface area (Å²) in [5.74, 6) is -0.293. The van der Waals surface area contributed by atoms with E-state index in [0.717, 1.165) is 25.9 Å². The van der Waals surface area contributed by atoms with Crippen LogP contribution in [0.2, 0.25) is 0 Å². The number of anilines is 1. The average Bonchev–Trinajstić information content (AvgIpc) is 2.29. The van der Waals surface area contributed by atoms with Gasteiger partial charge < -0.3 is 15.7 Å². The molecule has 1 aromatic rings. The predicted octanol–water partition coefficient (Wildman–Crippen LogP) is 0.707. The quantitative estimate of drug-likeness (QED) is 0.768. The summed E-state index contributed by atoms with van der Waals surface area (Å²) in [5.41, 5.74) is 5.95. The number of rotatable bonds is 2. The van der Waals surface area contributed by atoms with E-state index < -0.39 is 5.97 Å². The summed E-state index contributed by atoms with van der Waals surface area (Å²) in [4.78, 5) is 16.9. The third-order valence-corrected chi connectivity index (χ3v) is 2.74. The zero-order chi connectivity index (χ0) is 11.5. The molecule has 0 spiro atoms. The van der Waals surface area contributed by atoms with E-state index in [2.05, 4.69) is 4.98 Å². The van der Waals surface area contributed by atoms with Crippen LogP contribution in [0, 0.1) is 0 Å². The number of hydrogen-bond acceptors (Lipinski definition) is 4. The molecule has 0 aliphatic carbocycles. The molecule has 1 aliphatic rings. The van der Waals surface area contributed by atoms with Crippen LogP contribution in [0.5, 0.6) is 0 Å². The Morgan fingerprint density at radius 2 is 2.38 bits per heavy atom. The Morgan fingerprint density at radius 3 is 3.06 bits per heavy atom. The minimum absolute atomic E-state index is 0.0802. The van der Waals surface area contributed by atoms with Crippen molar-refractivity contribution in [2.75, 3.05) is 18.0 Å². The molecule has 0 bridgehead atoms. The first kappa shape index (κ1) is 10.9. The summed E-state index contributed by atoms with van der Waals surface area (Å²) in [6.07, 6.45) is 2.05. The Morgan fingerprint density at radius 1 is 1.56 bits per heavy atom. The van der Waals surface area contributed by atoms with E-state index in [-0.39, 0.29) is 11.7 Å². The van der Waals surface area contributed by atoms with Gasteiger partial charge in [0.2, 0.25) is 0 Å². The van der Waals surface area contributed by atoms with Crippen LogP contribution in [0.15, 0.2) is 18.2 Å². The Balaban J connectivity index is 2.19. The van der Waals surface area contributed by atoms with Gasteiger partial charge in [-0.15, -0.1) is 0 Å². The van der Waals surface area contributed by atoms with Crippen LogP contribution < -0.4 is 10.6 Å². The zero-order valence-corrected chi connectivity index (χ0v) is 8.97. The molecular weight excluding hydrogens is 206 g/mol. The molecule has 5 heteroatoms. The number of carboxylic acids is 1. The van der Waals surface area contributed by atoms with E-state index in [1.807, 2.05) is 11.0 Å². The van der Waals surface area contributed by atoms with Crippen molar-refractivity contribution < 1.29 is 9.90 Å². The second-order valence-corrected chi connectivity index (χ2v) is 4.03. The van der Waals surface area contributed by atoms with Gasteiger partial charge in [-0.2, -0.15) is 0 Å². The standard InChI is InChI=1S/C11H15N3O2/c12-8-3-2-6-14(7-8)10-5-1-4-9(13-10)11(15)16/h1,4-5,8H,2-3,6-7,12H2,(H,15,16). The van der Waals surface area contributed by atoms with E-state index in [4.69, 9.17) is 10.8 Å². The number of carboxylic acid groups (broad SMARTS) is 1. The zero-order valence-electron chi connectivity index (χ0n) is 8.97. The second kappa shape index (κ2) is 4.49. The van der Waals surface area contributed by atoms with Crippen molar-refractivity contribution in [3.8, 4) is 0 Å². The van der Waals surface area contributed by atoms with Gasteiger partial charge in [0.05, 0.1) is 0 Å². The van der Waals surface area contributed by atoms with Gasteiger partial charge in [-0.05, 0) is 25.0 Å². The molecule has 1 atom stereocenters. The van der Waals surface area contributed by atoms with Crippen molar-refractivity contribution in [2.24, 2.45) is 5.73 Å².